The summed E-state index contributed by atoms with van der Waals surface area (Å²) in [5.41, 5.74) is 3.91. The zero-order valence-corrected chi connectivity index (χ0v) is 16.4. The molecule has 0 aliphatic carbocycles. The van der Waals surface area contributed by atoms with E-state index in [4.69, 9.17) is 4.74 Å². The average Bonchev–Trinajstić information content (AvgIpc) is 3.26. The molecule has 28 heavy (non-hydrogen) atoms. The number of hydrogen-bond acceptors (Lipinski definition) is 3. The number of aromatic nitrogens is 1. The van der Waals surface area contributed by atoms with Gasteiger partial charge in [-0.2, -0.15) is 5.26 Å². The average molecular weight is 381 g/mol. The number of benzene rings is 1. The Morgan fingerprint density at radius 1 is 1.39 bits per heavy atom. The van der Waals surface area contributed by atoms with E-state index in [1.807, 2.05) is 26.0 Å². The number of nitrogens with zero attached hydrogens (tertiary/aromatic N) is 2. The van der Waals surface area contributed by atoms with Gasteiger partial charge in [-0.05, 0) is 69.0 Å². The van der Waals surface area contributed by atoms with Gasteiger partial charge in [0.1, 0.15) is 17.5 Å². The van der Waals surface area contributed by atoms with Crippen LogP contribution in [0.2, 0.25) is 0 Å². The van der Waals surface area contributed by atoms with E-state index < -0.39 is 11.7 Å². The quantitative estimate of drug-likeness (QED) is 0.621. The van der Waals surface area contributed by atoms with Crippen molar-refractivity contribution in [1.82, 2.24) is 4.57 Å². The summed E-state index contributed by atoms with van der Waals surface area (Å²) < 4.78 is 21.3. The highest BCUT2D eigenvalue weighted by molar-refractivity contribution is 6.10. The lowest BCUT2D eigenvalue weighted by atomic mass is 10.1. The van der Waals surface area contributed by atoms with Crippen molar-refractivity contribution in [3.63, 3.8) is 0 Å². The first kappa shape index (κ1) is 19.8. The number of anilines is 1. The van der Waals surface area contributed by atoms with Gasteiger partial charge in [0.05, 0.1) is 6.10 Å². The predicted molar refractivity (Wildman–Crippen MR) is 106 cm³/mol. The highest BCUT2D eigenvalue weighted by Crippen LogP contribution is 2.23. The molecule has 0 bridgehead atoms. The van der Waals surface area contributed by atoms with E-state index in [1.54, 1.807) is 19.1 Å². The van der Waals surface area contributed by atoms with Gasteiger partial charge in [-0.25, -0.2) is 4.39 Å². The molecule has 2 aromatic rings. The van der Waals surface area contributed by atoms with E-state index in [2.05, 4.69) is 9.88 Å². The summed E-state index contributed by atoms with van der Waals surface area (Å²) in [5.74, 6) is -0.999. The summed E-state index contributed by atoms with van der Waals surface area (Å²) >= 11 is 0. The van der Waals surface area contributed by atoms with Crippen LogP contribution in [0.3, 0.4) is 0 Å². The number of hydrogen-bond donors (Lipinski definition) is 1. The van der Waals surface area contributed by atoms with E-state index in [0.717, 1.165) is 48.5 Å². The largest absolute Gasteiger partial charge is 0.376 e. The van der Waals surface area contributed by atoms with E-state index in [-0.39, 0.29) is 11.7 Å². The molecular formula is C22H24FN3O2. The fraction of sp³-hybridized carbons (Fsp3) is 0.364. The van der Waals surface area contributed by atoms with Gasteiger partial charge in [0, 0.05) is 30.2 Å². The predicted octanol–water partition coefficient (Wildman–Crippen LogP) is 4.28. The molecule has 146 valence electrons. The van der Waals surface area contributed by atoms with Gasteiger partial charge in [-0.15, -0.1) is 0 Å². The number of carbonyl (C=O) groups is 1. The van der Waals surface area contributed by atoms with Crippen LogP contribution < -0.4 is 5.32 Å². The van der Waals surface area contributed by atoms with E-state index in [0.29, 0.717) is 5.69 Å². The summed E-state index contributed by atoms with van der Waals surface area (Å²) in [6, 6.07) is 8.07. The summed E-state index contributed by atoms with van der Waals surface area (Å²) in [5, 5.41) is 12.1. The first-order chi connectivity index (χ1) is 13.4. The molecule has 1 saturated heterocycles. The summed E-state index contributed by atoms with van der Waals surface area (Å²) in [7, 11) is 0. The minimum atomic E-state index is -0.555. The fourth-order valence-electron chi connectivity index (χ4n) is 3.47. The molecule has 0 spiro atoms. The van der Waals surface area contributed by atoms with E-state index >= 15 is 0 Å². The maximum Gasteiger partial charge on any atom is 0.266 e. The molecule has 6 heteroatoms. The molecule has 1 aromatic heterocycles. The molecule has 2 heterocycles. The van der Waals surface area contributed by atoms with Crippen molar-refractivity contribution in [3.05, 3.63) is 58.2 Å². The number of amides is 1. The Balaban J connectivity index is 1.83. The lowest BCUT2D eigenvalue weighted by molar-refractivity contribution is -0.112. The third-order valence-corrected chi connectivity index (χ3v) is 5.14. The normalized spacial score (nSPS) is 16.8. The molecular weight excluding hydrogens is 357 g/mol. The molecule has 0 unspecified atom stereocenters. The first-order valence-electron chi connectivity index (χ1n) is 9.36. The van der Waals surface area contributed by atoms with Crippen molar-refractivity contribution in [1.29, 1.82) is 5.26 Å². The minimum Gasteiger partial charge on any atom is -0.376 e. The van der Waals surface area contributed by atoms with Crippen LogP contribution in [0, 0.1) is 37.9 Å². The van der Waals surface area contributed by atoms with Crippen LogP contribution in [0.15, 0.2) is 29.8 Å². The molecule has 1 aliphatic heterocycles. The van der Waals surface area contributed by atoms with Gasteiger partial charge < -0.3 is 14.6 Å². The zero-order chi connectivity index (χ0) is 20.3. The van der Waals surface area contributed by atoms with E-state index in [1.165, 1.54) is 12.1 Å². The minimum absolute atomic E-state index is 0.0268. The Morgan fingerprint density at radius 2 is 2.18 bits per heavy atom. The maximum absolute atomic E-state index is 13.5. The first-order valence-corrected chi connectivity index (χ1v) is 9.36. The van der Waals surface area contributed by atoms with Crippen molar-refractivity contribution in [2.24, 2.45) is 0 Å². The number of ether oxygens (including phenoxy) is 1. The van der Waals surface area contributed by atoms with Crippen molar-refractivity contribution in [2.45, 2.75) is 46.3 Å². The SMILES string of the molecule is Cc1ccc(F)cc1NC(=O)/C(C#N)=C/c1cc(C)n(C[C@@H]2CCCO2)c1C. The van der Waals surface area contributed by atoms with E-state index in [9.17, 15) is 14.4 Å². The van der Waals surface area contributed by atoms with Gasteiger partial charge in [-0.3, -0.25) is 4.79 Å². The number of aryl methyl sites for hydroxylation is 2. The van der Waals surface area contributed by atoms with Crippen LogP contribution in [0.1, 0.15) is 35.4 Å². The Hall–Kier alpha value is -2.91. The summed E-state index contributed by atoms with van der Waals surface area (Å²) in [6.07, 6.45) is 3.91. The van der Waals surface area contributed by atoms with Gasteiger partial charge in [0.2, 0.25) is 0 Å². The van der Waals surface area contributed by atoms with Crippen molar-refractivity contribution in [2.75, 3.05) is 11.9 Å². The second kappa shape index (κ2) is 8.41. The lowest BCUT2D eigenvalue weighted by Crippen LogP contribution is -2.17. The zero-order valence-electron chi connectivity index (χ0n) is 16.4. The van der Waals surface area contributed by atoms with Crippen LogP contribution in [0.4, 0.5) is 10.1 Å². The molecule has 1 N–H and O–H groups in total. The number of nitrogens with one attached hydrogen (secondary N) is 1. The summed E-state index contributed by atoms with van der Waals surface area (Å²) in [6.45, 7) is 7.31. The Labute approximate surface area is 164 Å². The second-order valence-electron chi connectivity index (χ2n) is 7.16. The van der Waals surface area contributed by atoms with Crippen molar-refractivity contribution < 1.29 is 13.9 Å². The maximum atomic E-state index is 13.5. The molecule has 1 atom stereocenters. The Kier molecular flexibility index (Phi) is 5.96. The van der Waals surface area contributed by atoms with Crippen LogP contribution in [-0.4, -0.2) is 23.2 Å². The number of halogens is 1. The van der Waals surface area contributed by atoms with Crippen LogP contribution in [0.5, 0.6) is 0 Å². The van der Waals surface area contributed by atoms with Crippen molar-refractivity contribution in [3.8, 4) is 6.07 Å². The Bertz CT molecular complexity index is 963. The molecule has 3 rings (SSSR count). The second-order valence-corrected chi connectivity index (χ2v) is 7.16. The molecule has 5 nitrogen and oxygen atoms in total. The highest BCUT2D eigenvalue weighted by Gasteiger charge is 2.19. The molecule has 1 amide bonds. The third kappa shape index (κ3) is 4.32. The number of carbonyl (C=O) groups excluding carboxylic acids is 1. The highest BCUT2D eigenvalue weighted by atomic mass is 19.1. The van der Waals surface area contributed by atoms with Gasteiger partial charge in [0.15, 0.2) is 0 Å². The molecule has 1 fully saturated rings. The summed E-state index contributed by atoms with van der Waals surface area (Å²) in [4.78, 5) is 12.5. The van der Waals surface area contributed by atoms with Crippen molar-refractivity contribution >= 4 is 17.7 Å². The molecule has 0 saturated carbocycles. The number of rotatable bonds is 5. The van der Waals surface area contributed by atoms with Gasteiger partial charge in [-0.1, -0.05) is 6.07 Å². The fourth-order valence-corrected chi connectivity index (χ4v) is 3.47. The van der Waals surface area contributed by atoms with Crippen LogP contribution in [0.25, 0.3) is 6.08 Å². The van der Waals surface area contributed by atoms with Crippen LogP contribution >= 0.6 is 0 Å². The van der Waals surface area contributed by atoms with Gasteiger partial charge >= 0.3 is 0 Å². The standard InChI is InChI=1S/C22H24FN3O2/c1-14-6-7-19(23)11-21(14)25-22(27)18(12-24)10-17-9-15(2)26(16(17)3)13-20-5-4-8-28-20/h6-7,9-11,20H,4-5,8,13H2,1-3H3,(H,25,27)/b18-10+/t20-/m0/s1. The molecule has 1 aliphatic rings. The topological polar surface area (TPSA) is 67.0 Å². The Morgan fingerprint density at radius 3 is 2.86 bits per heavy atom. The molecule has 0 radical (unpaired) electrons. The lowest BCUT2D eigenvalue weighted by Gasteiger charge is -2.14. The van der Waals surface area contributed by atoms with Crippen LogP contribution in [-0.2, 0) is 16.1 Å². The van der Waals surface area contributed by atoms with Gasteiger partial charge in [0.25, 0.3) is 5.91 Å². The monoisotopic (exact) mass is 381 g/mol. The smallest absolute Gasteiger partial charge is 0.266 e. The number of nitriles is 1. The third-order valence-electron chi connectivity index (χ3n) is 5.14. The molecule has 1 aromatic carbocycles.